The number of hydrogen-bond donors (Lipinski definition) is 0. The summed E-state index contributed by atoms with van der Waals surface area (Å²) >= 11 is 1.26. The number of carbonyl (C=O) groups is 1. The molecule has 0 aliphatic carbocycles. The van der Waals surface area contributed by atoms with E-state index in [9.17, 15) is 10.1 Å². The fourth-order valence-electron chi connectivity index (χ4n) is 2.72. The fourth-order valence-corrected chi connectivity index (χ4v) is 3.64. The topological polar surface area (TPSA) is 80.8 Å². The van der Waals surface area contributed by atoms with Crippen LogP contribution in [0.4, 0.5) is 0 Å². The van der Waals surface area contributed by atoms with Crippen LogP contribution in [-0.2, 0) is 4.74 Å². The Morgan fingerprint density at radius 2 is 2.00 bits per heavy atom. The van der Waals surface area contributed by atoms with Gasteiger partial charge in [-0.25, -0.2) is 14.8 Å². The summed E-state index contributed by atoms with van der Waals surface area (Å²) < 4.78 is 7.30. The SMILES string of the molecule is Cc1nc(-c2ccc3c(n2)c(C#N)cn3C(C)C)sc1C(=O)OC(C)C. The zero-order valence-electron chi connectivity index (χ0n) is 15.4. The molecular weight excluding hydrogens is 348 g/mol. The van der Waals surface area contributed by atoms with Crippen molar-refractivity contribution in [2.24, 2.45) is 0 Å². The van der Waals surface area contributed by atoms with E-state index in [0.717, 1.165) is 5.52 Å². The zero-order valence-corrected chi connectivity index (χ0v) is 16.2. The highest BCUT2D eigenvalue weighted by Crippen LogP contribution is 2.30. The molecule has 0 aromatic carbocycles. The highest BCUT2D eigenvalue weighted by molar-refractivity contribution is 7.17. The summed E-state index contributed by atoms with van der Waals surface area (Å²) in [5, 5.41) is 10.1. The van der Waals surface area contributed by atoms with E-state index in [2.05, 4.69) is 29.9 Å². The summed E-state index contributed by atoms with van der Waals surface area (Å²) in [5.74, 6) is -0.369. The van der Waals surface area contributed by atoms with Crippen molar-refractivity contribution in [1.29, 1.82) is 5.26 Å². The summed E-state index contributed by atoms with van der Waals surface area (Å²) in [6.07, 6.45) is 1.64. The van der Waals surface area contributed by atoms with E-state index in [1.54, 1.807) is 6.92 Å². The molecule has 0 aliphatic heterocycles. The van der Waals surface area contributed by atoms with Crippen molar-refractivity contribution in [2.45, 2.75) is 46.8 Å². The first-order chi connectivity index (χ1) is 12.3. The monoisotopic (exact) mass is 368 g/mol. The molecule has 0 unspecified atom stereocenters. The number of nitrogens with zero attached hydrogens (tertiary/aromatic N) is 4. The highest BCUT2D eigenvalue weighted by Gasteiger charge is 2.20. The predicted molar refractivity (Wildman–Crippen MR) is 101 cm³/mol. The van der Waals surface area contributed by atoms with Crippen molar-refractivity contribution < 1.29 is 9.53 Å². The highest BCUT2D eigenvalue weighted by atomic mass is 32.1. The van der Waals surface area contributed by atoms with Crippen molar-refractivity contribution in [3.63, 3.8) is 0 Å². The number of esters is 1. The molecular formula is C19H20N4O2S. The maximum atomic E-state index is 12.2. The van der Waals surface area contributed by atoms with Crippen LogP contribution in [0.2, 0.25) is 0 Å². The minimum atomic E-state index is -0.369. The molecule has 0 radical (unpaired) electrons. The van der Waals surface area contributed by atoms with E-state index in [1.165, 1.54) is 11.3 Å². The summed E-state index contributed by atoms with van der Waals surface area (Å²) in [6.45, 7) is 9.53. The van der Waals surface area contributed by atoms with Gasteiger partial charge < -0.3 is 9.30 Å². The second-order valence-electron chi connectivity index (χ2n) is 6.61. The number of ether oxygens (including phenoxy) is 1. The molecule has 0 saturated carbocycles. The lowest BCUT2D eigenvalue weighted by Gasteiger charge is -2.08. The largest absolute Gasteiger partial charge is 0.459 e. The van der Waals surface area contributed by atoms with Crippen LogP contribution in [0.15, 0.2) is 18.3 Å². The third-order valence-electron chi connectivity index (χ3n) is 3.90. The zero-order chi connectivity index (χ0) is 19.0. The number of aryl methyl sites for hydroxylation is 1. The van der Waals surface area contributed by atoms with Crippen LogP contribution in [0.1, 0.15) is 54.7 Å². The molecule has 0 saturated heterocycles. The van der Waals surface area contributed by atoms with Crippen molar-refractivity contribution in [1.82, 2.24) is 14.5 Å². The fraction of sp³-hybridized carbons (Fsp3) is 0.368. The molecule has 134 valence electrons. The van der Waals surface area contributed by atoms with Gasteiger partial charge >= 0.3 is 5.97 Å². The second-order valence-corrected chi connectivity index (χ2v) is 7.61. The number of rotatable bonds is 4. The van der Waals surface area contributed by atoms with E-state index in [1.807, 2.05) is 36.7 Å². The third kappa shape index (κ3) is 3.20. The van der Waals surface area contributed by atoms with Crippen molar-refractivity contribution in [3.05, 3.63) is 34.5 Å². The molecule has 6 nitrogen and oxygen atoms in total. The van der Waals surface area contributed by atoms with Gasteiger partial charge in [-0.2, -0.15) is 5.26 Å². The van der Waals surface area contributed by atoms with E-state index >= 15 is 0 Å². The molecule has 0 spiro atoms. The number of thiazole rings is 1. The molecule has 0 fully saturated rings. The maximum absolute atomic E-state index is 12.2. The van der Waals surface area contributed by atoms with Crippen molar-refractivity contribution >= 4 is 28.3 Å². The van der Waals surface area contributed by atoms with Crippen LogP contribution in [0.5, 0.6) is 0 Å². The van der Waals surface area contributed by atoms with Gasteiger partial charge in [-0.15, -0.1) is 11.3 Å². The number of carbonyl (C=O) groups excluding carboxylic acids is 1. The van der Waals surface area contributed by atoms with E-state index in [-0.39, 0.29) is 18.1 Å². The molecule has 0 N–H and O–H groups in total. The van der Waals surface area contributed by atoms with E-state index < -0.39 is 0 Å². The van der Waals surface area contributed by atoms with Gasteiger partial charge in [0.2, 0.25) is 0 Å². The molecule has 3 aromatic rings. The molecule has 7 heteroatoms. The van der Waals surface area contributed by atoms with Crippen LogP contribution in [-0.4, -0.2) is 26.6 Å². The number of aromatic nitrogens is 3. The van der Waals surface area contributed by atoms with Crippen molar-refractivity contribution in [2.75, 3.05) is 0 Å². The summed E-state index contributed by atoms with van der Waals surface area (Å²) in [7, 11) is 0. The molecule has 26 heavy (non-hydrogen) atoms. The Morgan fingerprint density at radius 3 is 2.62 bits per heavy atom. The average Bonchev–Trinajstić information content (AvgIpc) is 3.14. The Kier molecular flexibility index (Phi) is 4.79. The molecule has 0 bridgehead atoms. The first-order valence-corrected chi connectivity index (χ1v) is 9.24. The van der Waals surface area contributed by atoms with Crippen LogP contribution >= 0.6 is 11.3 Å². The van der Waals surface area contributed by atoms with Gasteiger partial charge in [-0.05, 0) is 46.8 Å². The number of hydrogen-bond acceptors (Lipinski definition) is 6. The summed E-state index contributed by atoms with van der Waals surface area (Å²) in [4.78, 5) is 21.8. The number of nitriles is 1. The Bertz CT molecular complexity index is 1020. The molecule has 3 aromatic heterocycles. The lowest BCUT2D eigenvalue weighted by atomic mass is 10.2. The molecule has 0 amide bonds. The van der Waals surface area contributed by atoms with Crippen LogP contribution in [0.25, 0.3) is 21.7 Å². The van der Waals surface area contributed by atoms with Gasteiger partial charge in [0.05, 0.1) is 28.6 Å². The van der Waals surface area contributed by atoms with Crippen LogP contribution in [0.3, 0.4) is 0 Å². The summed E-state index contributed by atoms with van der Waals surface area (Å²) in [5.41, 5.74) is 3.36. The molecule has 3 rings (SSSR count). The Labute approximate surface area is 156 Å². The molecule has 0 aliphatic rings. The first kappa shape index (κ1) is 18.1. The number of pyridine rings is 1. The minimum Gasteiger partial charge on any atom is -0.459 e. The first-order valence-electron chi connectivity index (χ1n) is 8.42. The Hall–Kier alpha value is -2.72. The third-order valence-corrected chi connectivity index (χ3v) is 5.06. The quantitative estimate of drug-likeness (QED) is 0.634. The summed E-state index contributed by atoms with van der Waals surface area (Å²) in [6, 6.07) is 6.25. The van der Waals surface area contributed by atoms with Gasteiger partial charge in [-0.3, -0.25) is 0 Å². The minimum absolute atomic E-state index is 0.184. The standard InChI is InChI=1S/C19H20N4O2S/c1-10(2)23-9-13(8-20)16-15(23)7-6-14(22-16)18-21-12(5)17(26-18)19(24)25-11(3)4/h6-7,9-11H,1-5H3. The maximum Gasteiger partial charge on any atom is 0.350 e. The van der Waals surface area contributed by atoms with E-state index in [4.69, 9.17) is 4.74 Å². The van der Waals surface area contributed by atoms with Gasteiger partial charge in [0.15, 0.2) is 0 Å². The lowest BCUT2D eigenvalue weighted by Crippen LogP contribution is -2.11. The Morgan fingerprint density at radius 1 is 1.27 bits per heavy atom. The molecule has 0 atom stereocenters. The predicted octanol–water partition coefficient (Wildman–Crippen LogP) is 4.49. The van der Waals surface area contributed by atoms with Gasteiger partial charge in [-0.1, -0.05) is 0 Å². The normalized spacial score (nSPS) is 11.3. The van der Waals surface area contributed by atoms with Gasteiger partial charge in [0.25, 0.3) is 0 Å². The van der Waals surface area contributed by atoms with Gasteiger partial charge in [0.1, 0.15) is 21.5 Å². The second kappa shape index (κ2) is 6.89. The van der Waals surface area contributed by atoms with Gasteiger partial charge in [0, 0.05) is 12.2 Å². The Balaban J connectivity index is 2.07. The average molecular weight is 368 g/mol. The van der Waals surface area contributed by atoms with Crippen LogP contribution < -0.4 is 0 Å². The smallest absolute Gasteiger partial charge is 0.350 e. The number of fused-ring (bicyclic) bond motifs is 1. The van der Waals surface area contributed by atoms with Crippen LogP contribution in [0, 0.1) is 18.3 Å². The van der Waals surface area contributed by atoms with E-state index in [0.29, 0.717) is 32.4 Å². The molecule has 3 heterocycles. The lowest BCUT2D eigenvalue weighted by molar-refractivity contribution is 0.0382. The van der Waals surface area contributed by atoms with Crippen molar-refractivity contribution in [3.8, 4) is 16.8 Å².